The summed E-state index contributed by atoms with van der Waals surface area (Å²) in [4.78, 5) is 22.5. The molecule has 0 aromatic carbocycles. The van der Waals surface area contributed by atoms with Gasteiger partial charge in [-0.1, -0.05) is 0 Å². The lowest BCUT2D eigenvalue weighted by Gasteiger charge is -2.24. The van der Waals surface area contributed by atoms with Crippen molar-refractivity contribution in [3.63, 3.8) is 0 Å². The van der Waals surface area contributed by atoms with Gasteiger partial charge in [0.2, 0.25) is 0 Å². The number of aliphatic carboxylic acids is 1. The van der Waals surface area contributed by atoms with Gasteiger partial charge in [-0.25, -0.2) is 4.79 Å². The summed E-state index contributed by atoms with van der Waals surface area (Å²) in [5, 5.41) is 8.89. The zero-order valence-corrected chi connectivity index (χ0v) is 10.4. The summed E-state index contributed by atoms with van der Waals surface area (Å²) < 4.78 is 5.13. The van der Waals surface area contributed by atoms with Crippen molar-refractivity contribution in [2.45, 2.75) is 37.7 Å². The Kier molecular flexibility index (Phi) is 3.38. The van der Waals surface area contributed by atoms with Crippen molar-refractivity contribution in [3.8, 4) is 0 Å². The highest BCUT2D eigenvalue weighted by molar-refractivity contribution is 6.34. The van der Waals surface area contributed by atoms with Crippen molar-refractivity contribution in [1.82, 2.24) is 4.90 Å². The molecule has 1 N–H and O–H groups in total. The molecule has 0 aromatic rings. The van der Waals surface area contributed by atoms with E-state index in [2.05, 4.69) is 0 Å². The average Bonchev–Trinajstić information content (AvgIpc) is 2.46. The van der Waals surface area contributed by atoms with E-state index in [1.54, 1.807) is 20.8 Å². The molecule has 16 heavy (non-hydrogen) atoms. The first-order chi connectivity index (χ1) is 7.14. The number of likely N-dealkylation sites (tertiary alicyclic amines) is 1. The number of carboxylic acid groups (broad SMARTS) is 1. The Morgan fingerprint density at radius 3 is 2.38 bits per heavy atom. The minimum absolute atomic E-state index is 0.0151. The second-order valence-electron chi connectivity index (χ2n) is 4.92. The lowest BCUT2D eigenvalue weighted by Crippen LogP contribution is -2.40. The number of hydrogen-bond acceptors (Lipinski definition) is 3. The van der Waals surface area contributed by atoms with Crippen LogP contribution in [0.5, 0.6) is 0 Å². The fourth-order valence-electron chi connectivity index (χ4n) is 1.43. The molecule has 0 aliphatic carbocycles. The van der Waals surface area contributed by atoms with Gasteiger partial charge in [0.25, 0.3) is 0 Å². The first-order valence-electron chi connectivity index (χ1n) is 5.04. The molecule has 0 radical (unpaired) electrons. The molecule has 0 spiro atoms. The SMILES string of the molecule is CC(C)(C)OC(=O)N1CCC(Cl)(C(=O)O)C1. The van der Waals surface area contributed by atoms with Gasteiger partial charge in [-0.15, -0.1) is 11.6 Å². The summed E-state index contributed by atoms with van der Waals surface area (Å²) in [5.74, 6) is -1.10. The highest BCUT2D eigenvalue weighted by atomic mass is 35.5. The van der Waals surface area contributed by atoms with E-state index in [9.17, 15) is 9.59 Å². The van der Waals surface area contributed by atoms with Crippen LogP contribution >= 0.6 is 11.6 Å². The van der Waals surface area contributed by atoms with Crippen molar-refractivity contribution >= 4 is 23.7 Å². The summed E-state index contributed by atoms with van der Waals surface area (Å²) in [7, 11) is 0. The van der Waals surface area contributed by atoms with E-state index in [1.807, 2.05) is 0 Å². The number of ether oxygens (including phenoxy) is 1. The zero-order valence-electron chi connectivity index (χ0n) is 9.62. The minimum atomic E-state index is -1.36. The Hall–Kier alpha value is -0.970. The molecule has 0 saturated carbocycles. The van der Waals surface area contributed by atoms with Gasteiger partial charge in [0.15, 0.2) is 4.87 Å². The second kappa shape index (κ2) is 4.13. The van der Waals surface area contributed by atoms with E-state index in [-0.39, 0.29) is 13.0 Å². The van der Waals surface area contributed by atoms with E-state index in [4.69, 9.17) is 21.4 Å². The predicted octanol–water partition coefficient (Wildman–Crippen LogP) is 1.69. The fourth-order valence-corrected chi connectivity index (χ4v) is 1.66. The van der Waals surface area contributed by atoms with Crippen molar-refractivity contribution in [2.24, 2.45) is 0 Å². The molecule has 1 heterocycles. The van der Waals surface area contributed by atoms with Gasteiger partial charge in [0.05, 0.1) is 6.54 Å². The molecule has 6 heteroatoms. The quantitative estimate of drug-likeness (QED) is 0.718. The summed E-state index contributed by atoms with van der Waals surface area (Å²) >= 11 is 5.87. The summed E-state index contributed by atoms with van der Waals surface area (Å²) in [6, 6.07) is 0. The third-order valence-electron chi connectivity index (χ3n) is 2.25. The molecule has 1 fully saturated rings. The monoisotopic (exact) mass is 249 g/mol. The molecule has 0 aromatic heterocycles. The van der Waals surface area contributed by atoms with Gasteiger partial charge in [0, 0.05) is 6.54 Å². The van der Waals surface area contributed by atoms with Crippen LogP contribution in [0.25, 0.3) is 0 Å². The van der Waals surface area contributed by atoms with E-state index in [0.717, 1.165) is 0 Å². The Bertz CT molecular complexity index is 312. The highest BCUT2D eigenvalue weighted by Gasteiger charge is 2.45. The van der Waals surface area contributed by atoms with Crippen LogP contribution in [0, 0.1) is 0 Å². The Labute approximate surface area is 99.3 Å². The number of carbonyl (C=O) groups excluding carboxylic acids is 1. The smallest absolute Gasteiger partial charge is 0.410 e. The number of alkyl halides is 1. The number of carbonyl (C=O) groups is 2. The number of nitrogens with zero attached hydrogens (tertiary/aromatic N) is 1. The maximum atomic E-state index is 11.6. The Balaban J connectivity index is 2.60. The number of halogens is 1. The highest BCUT2D eigenvalue weighted by Crippen LogP contribution is 2.29. The normalized spacial score (nSPS) is 25.6. The molecule has 5 nitrogen and oxygen atoms in total. The van der Waals surface area contributed by atoms with Crippen molar-refractivity contribution in [2.75, 3.05) is 13.1 Å². The predicted molar refractivity (Wildman–Crippen MR) is 58.6 cm³/mol. The fraction of sp³-hybridized carbons (Fsp3) is 0.800. The number of carboxylic acids is 1. The second-order valence-corrected chi connectivity index (χ2v) is 5.65. The summed E-state index contributed by atoms with van der Waals surface area (Å²) in [5.41, 5.74) is -0.585. The van der Waals surface area contributed by atoms with Gasteiger partial charge in [-0.05, 0) is 27.2 Å². The number of rotatable bonds is 1. The minimum Gasteiger partial charge on any atom is -0.480 e. The van der Waals surface area contributed by atoms with E-state index >= 15 is 0 Å². The third kappa shape index (κ3) is 3.01. The topological polar surface area (TPSA) is 66.8 Å². The van der Waals surface area contributed by atoms with Crippen LogP contribution in [0.15, 0.2) is 0 Å². The first kappa shape index (κ1) is 13.1. The molecular weight excluding hydrogens is 234 g/mol. The zero-order chi connectivity index (χ0) is 12.6. The standard InChI is InChI=1S/C10H16ClNO4/c1-9(2,3)16-8(15)12-5-4-10(11,6-12)7(13)14/h4-6H2,1-3H3,(H,13,14). The van der Waals surface area contributed by atoms with Gasteiger partial charge in [0.1, 0.15) is 5.60 Å². The van der Waals surface area contributed by atoms with Crippen LogP contribution in [0.2, 0.25) is 0 Å². The van der Waals surface area contributed by atoms with Gasteiger partial charge < -0.3 is 14.7 Å². The van der Waals surface area contributed by atoms with E-state index < -0.39 is 22.5 Å². The molecule has 92 valence electrons. The molecule has 1 aliphatic heterocycles. The van der Waals surface area contributed by atoms with Crippen LogP contribution < -0.4 is 0 Å². The lowest BCUT2D eigenvalue weighted by atomic mass is 10.1. The molecule has 1 saturated heterocycles. The lowest BCUT2D eigenvalue weighted by molar-refractivity contribution is -0.139. The van der Waals surface area contributed by atoms with Gasteiger partial charge >= 0.3 is 12.1 Å². The van der Waals surface area contributed by atoms with Crippen LogP contribution in [-0.2, 0) is 9.53 Å². The van der Waals surface area contributed by atoms with Crippen LogP contribution in [0.1, 0.15) is 27.2 Å². The van der Waals surface area contributed by atoms with Crippen LogP contribution in [0.4, 0.5) is 4.79 Å². The van der Waals surface area contributed by atoms with Crippen molar-refractivity contribution in [1.29, 1.82) is 0 Å². The number of amides is 1. The van der Waals surface area contributed by atoms with Crippen LogP contribution in [0.3, 0.4) is 0 Å². The summed E-state index contributed by atoms with van der Waals surface area (Å²) in [6.07, 6.45) is -0.278. The molecular formula is C10H16ClNO4. The molecule has 1 amide bonds. The molecule has 1 atom stereocenters. The maximum absolute atomic E-state index is 11.6. The molecule has 1 unspecified atom stereocenters. The van der Waals surface area contributed by atoms with Gasteiger partial charge in [-0.3, -0.25) is 4.79 Å². The Morgan fingerprint density at radius 1 is 1.44 bits per heavy atom. The molecule has 1 rings (SSSR count). The van der Waals surface area contributed by atoms with E-state index in [1.165, 1.54) is 4.90 Å². The van der Waals surface area contributed by atoms with E-state index in [0.29, 0.717) is 6.54 Å². The number of hydrogen-bond donors (Lipinski definition) is 1. The largest absolute Gasteiger partial charge is 0.480 e. The third-order valence-corrected chi connectivity index (χ3v) is 2.72. The van der Waals surface area contributed by atoms with Crippen LogP contribution in [-0.4, -0.2) is 45.6 Å². The summed E-state index contributed by atoms with van der Waals surface area (Å²) in [6.45, 7) is 5.56. The Morgan fingerprint density at radius 2 is 2.00 bits per heavy atom. The van der Waals surface area contributed by atoms with Gasteiger partial charge in [-0.2, -0.15) is 0 Å². The first-order valence-corrected chi connectivity index (χ1v) is 5.42. The average molecular weight is 250 g/mol. The molecule has 1 aliphatic rings. The van der Waals surface area contributed by atoms with Crippen molar-refractivity contribution < 1.29 is 19.4 Å². The van der Waals surface area contributed by atoms with Crippen molar-refractivity contribution in [3.05, 3.63) is 0 Å². The maximum Gasteiger partial charge on any atom is 0.410 e. The molecule has 0 bridgehead atoms.